The minimum Gasteiger partial charge on any atom is -0.507 e. The molecule has 0 unspecified atom stereocenters. The molecule has 18 heavy (non-hydrogen) atoms. The molecule has 0 aliphatic rings. The number of hydrazone groups is 1. The molecule has 1 heterocycles. The van der Waals surface area contributed by atoms with Gasteiger partial charge < -0.3 is 5.11 Å². The summed E-state index contributed by atoms with van der Waals surface area (Å²) in [6, 6.07) is 9.90. The summed E-state index contributed by atoms with van der Waals surface area (Å²) >= 11 is 0. The van der Waals surface area contributed by atoms with Gasteiger partial charge in [-0.3, -0.25) is 9.78 Å². The molecule has 1 aromatic carbocycles. The molecular weight excluding hydrogens is 230 g/mol. The van der Waals surface area contributed by atoms with Crippen LogP contribution < -0.4 is 5.43 Å². The number of rotatable bonds is 3. The van der Waals surface area contributed by atoms with Gasteiger partial charge in [-0.1, -0.05) is 12.1 Å². The fraction of sp³-hybridized carbons (Fsp3) is 0. The van der Waals surface area contributed by atoms with E-state index in [1.807, 2.05) is 0 Å². The fourth-order valence-corrected chi connectivity index (χ4v) is 1.32. The number of aromatic hydroxyl groups is 1. The Morgan fingerprint density at radius 1 is 1.22 bits per heavy atom. The average Bonchev–Trinajstić information content (AvgIpc) is 2.42. The molecule has 2 N–H and O–H groups in total. The van der Waals surface area contributed by atoms with E-state index in [0.717, 1.165) is 0 Å². The van der Waals surface area contributed by atoms with Crippen LogP contribution in [0, 0.1) is 0 Å². The number of hydrogen-bond acceptors (Lipinski definition) is 4. The minimum atomic E-state index is -0.330. The number of phenolic OH excluding ortho intramolecular Hbond substituents is 1. The maximum Gasteiger partial charge on any atom is 0.271 e. The fourth-order valence-electron chi connectivity index (χ4n) is 1.32. The van der Waals surface area contributed by atoms with E-state index >= 15 is 0 Å². The highest BCUT2D eigenvalue weighted by Crippen LogP contribution is 2.12. The van der Waals surface area contributed by atoms with Gasteiger partial charge in [0.25, 0.3) is 5.91 Å². The number of carbonyl (C=O) groups excluding carboxylic acids is 1. The van der Waals surface area contributed by atoms with Crippen molar-refractivity contribution in [2.45, 2.75) is 0 Å². The first kappa shape index (κ1) is 11.8. The quantitative estimate of drug-likeness (QED) is 0.632. The first-order valence-electron chi connectivity index (χ1n) is 5.29. The molecule has 0 saturated heterocycles. The Bertz CT molecular complexity index is 567. The van der Waals surface area contributed by atoms with Crippen LogP contribution in [0.4, 0.5) is 0 Å². The summed E-state index contributed by atoms with van der Waals surface area (Å²) < 4.78 is 0. The summed E-state index contributed by atoms with van der Waals surface area (Å²) in [5.41, 5.74) is 3.37. The number of nitrogens with one attached hydrogen (secondary N) is 1. The Kier molecular flexibility index (Phi) is 3.66. The SMILES string of the molecule is O=C(NN=Cc1ccccc1O)c1ccncc1. The second-order valence-corrected chi connectivity index (χ2v) is 3.49. The molecule has 2 aromatic rings. The standard InChI is InChI=1S/C13H11N3O2/c17-12-4-2-1-3-11(12)9-15-16-13(18)10-5-7-14-8-6-10/h1-9,17H,(H,16,18). The van der Waals surface area contributed by atoms with Gasteiger partial charge in [0.2, 0.25) is 0 Å². The Morgan fingerprint density at radius 3 is 2.67 bits per heavy atom. The largest absolute Gasteiger partial charge is 0.507 e. The monoisotopic (exact) mass is 241 g/mol. The third-order valence-electron chi connectivity index (χ3n) is 2.25. The summed E-state index contributed by atoms with van der Waals surface area (Å²) in [4.78, 5) is 15.4. The van der Waals surface area contributed by atoms with Crippen molar-refractivity contribution in [1.29, 1.82) is 0 Å². The van der Waals surface area contributed by atoms with E-state index < -0.39 is 0 Å². The van der Waals surface area contributed by atoms with Crippen LogP contribution in [0.2, 0.25) is 0 Å². The zero-order valence-electron chi connectivity index (χ0n) is 9.45. The molecule has 90 valence electrons. The number of phenols is 1. The van der Waals surface area contributed by atoms with Crippen LogP contribution in [0.15, 0.2) is 53.9 Å². The van der Waals surface area contributed by atoms with Gasteiger partial charge in [-0.25, -0.2) is 5.43 Å². The molecule has 0 spiro atoms. The molecule has 0 aliphatic heterocycles. The number of amides is 1. The van der Waals surface area contributed by atoms with Gasteiger partial charge in [0.05, 0.1) is 6.21 Å². The van der Waals surface area contributed by atoms with Crippen molar-refractivity contribution in [2.75, 3.05) is 0 Å². The number of para-hydroxylation sites is 1. The van der Waals surface area contributed by atoms with Crippen LogP contribution in [-0.2, 0) is 0 Å². The molecule has 1 amide bonds. The van der Waals surface area contributed by atoms with Gasteiger partial charge in [0.1, 0.15) is 5.75 Å². The second-order valence-electron chi connectivity index (χ2n) is 3.49. The second kappa shape index (κ2) is 5.58. The highest BCUT2D eigenvalue weighted by atomic mass is 16.3. The molecule has 0 atom stereocenters. The third kappa shape index (κ3) is 2.91. The predicted octanol–water partition coefficient (Wildman–Crippen LogP) is 1.55. The Labute approximate surface area is 104 Å². The van der Waals surface area contributed by atoms with E-state index in [-0.39, 0.29) is 11.7 Å². The van der Waals surface area contributed by atoms with Crippen LogP contribution >= 0.6 is 0 Å². The molecule has 5 nitrogen and oxygen atoms in total. The lowest BCUT2D eigenvalue weighted by molar-refractivity contribution is 0.0955. The molecule has 2 rings (SSSR count). The molecule has 1 aromatic heterocycles. The molecular formula is C13H11N3O2. The van der Waals surface area contributed by atoms with E-state index in [1.54, 1.807) is 36.4 Å². The number of benzene rings is 1. The lowest BCUT2D eigenvalue weighted by Gasteiger charge is -1.99. The highest BCUT2D eigenvalue weighted by Gasteiger charge is 2.02. The Hall–Kier alpha value is -2.69. The highest BCUT2D eigenvalue weighted by molar-refractivity contribution is 5.94. The van der Waals surface area contributed by atoms with Gasteiger partial charge in [-0.05, 0) is 24.3 Å². The number of aromatic nitrogens is 1. The maximum absolute atomic E-state index is 11.6. The van der Waals surface area contributed by atoms with Gasteiger partial charge >= 0.3 is 0 Å². The predicted molar refractivity (Wildman–Crippen MR) is 67.4 cm³/mol. The molecule has 0 saturated carbocycles. The van der Waals surface area contributed by atoms with Crippen molar-refractivity contribution in [2.24, 2.45) is 5.10 Å². The van der Waals surface area contributed by atoms with Crippen molar-refractivity contribution in [3.05, 3.63) is 59.9 Å². The molecule has 5 heteroatoms. The van der Waals surface area contributed by atoms with Gasteiger partial charge in [-0.2, -0.15) is 5.10 Å². The molecule has 0 radical (unpaired) electrons. The van der Waals surface area contributed by atoms with Crippen LogP contribution in [0.3, 0.4) is 0 Å². The van der Waals surface area contributed by atoms with Gasteiger partial charge in [0, 0.05) is 23.5 Å². The summed E-state index contributed by atoms with van der Waals surface area (Å²) in [6.07, 6.45) is 4.44. The smallest absolute Gasteiger partial charge is 0.271 e. The van der Waals surface area contributed by atoms with Crippen molar-refractivity contribution in [3.8, 4) is 5.75 Å². The zero-order chi connectivity index (χ0) is 12.8. The van der Waals surface area contributed by atoms with E-state index in [4.69, 9.17) is 0 Å². The number of pyridine rings is 1. The molecule has 0 fully saturated rings. The number of nitrogens with zero attached hydrogens (tertiary/aromatic N) is 2. The van der Waals surface area contributed by atoms with Crippen molar-refractivity contribution >= 4 is 12.1 Å². The normalized spacial score (nSPS) is 10.4. The topological polar surface area (TPSA) is 74.6 Å². The van der Waals surface area contributed by atoms with Crippen LogP contribution in [-0.4, -0.2) is 22.2 Å². The van der Waals surface area contributed by atoms with Crippen molar-refractivity contribution in [1.82, 2.24) is 10.4 Å². The summed E-state index contributed by atoms with van der Waals surface area (Å²) in [5.74, 6) is -0.219. The third-order valence-corrected chi connectivity index (χ3v) is 2.25. The Morgan fingerprint density at radius 2 is 1.94 bits per heavy atom. The van der Waals surface area contributed by atoms with Gasteiger partial charge in [0.15, 0.2) is 0 Å². The van der Waals surface area contributed by atoms with E-state index in [2.05, 4.69) is 15.5 Å². The van der Waals surface area contributed by atoms with Crippen molar-refractivity contribution < 1.29 is 9.90 Å². The summed E-state index contributed by atoms with van der Waals surface area (Å²) in [5, 5.41) is 13.3. The first-order chi connectivity index (χ1) is 8.77. The number of carbonyl (C=O) groups is 1. The first-order valence-corrected chi connectivity index (χ1v) is 5.29. The van der Waals surface area contributed by atoms with E-state index in [0.29, 0.717) is 11.1 Å². The van der Waals surface area contributed by atoms with Crippen molar-refractivity contribution in [3.63, 3.8) is 0 Å². The van der Waals surface area contributed by atoms with Crippen LogP contribution in [0.1, 0.15) is 15.9 Å². The molecule has 0 bridgehead atoms. The van der Waals surface area contributed by atoms with E-state index in [9.17, 15) is 9.90 Å². The lowest BCUT2D eigenvalue weighted by atomic mass is 10.2. The molecule has 0 aliphatic carbocycles. The Balaban J connectivity index is 2.00. The van der Waals surface area contributed by atoms with Crippen LogP contribution in [0.5, 0.6) is 5.75 Å². The zero-order valence-corrected chi connectivity index (χ0v) is 9.45. The van der Waals surface area contributed by atoms with Crippen LogP contribution in [0.25, 0.3) is 0 Å². The summed E-state index contributed by atoms with van der Waals surface area (Å²) in [6.45, 7) is 0. The average molecular weight is 241 g/mol. The maximum atomic E-state index is 11.6. The number of hydrogen-bond donors (Lipinski definition) is 2. The summed E-state index contributed by atoms with van der Waals surface area (Å²) in [7, 11) is 0. The van der Waals surface area contributed by atoms with Gasteiger partial charge in [-0.15, -0.1) is 0 Å². The van der Waals surface area contributed by atoms with E-state index in [1.165, 1.54) is 18.6 Å². The minimum absolute atomic E-state index is 0.111. The lowest BCUT2D eigenvalue weighted by Crippen LogP contribution is -2.17.